The molecule has 0 fully saturated rings. The van der Waals surface area contributed by atoms with Gasteiger partial charge in [-0.2, -0.15) is 5.10 Å². The number of hydrazone groups is 1. The summed E-state index contributed by atoms with van der Waals surface area (Å²) in [6, 6.07) is 8.26. The number of rotatable bonds is 7. The Morgan fingerprint density at radius 1 is 1.18 bits per heavy atom. The Bertz CT molecular complexity index is 942. The van der Waals surface area contributed by atoms with Gasteiger partial charge in [0.05, 0.1) is 27.7 Å². The van der Waals surface area contributed by atoms with Gasteiger partial charge >= 0.3 is 5.69 Å². The average Bonchev–Trinajstić information content (AvgIpc) is 2.64. The van der Waals surface area contributed by atoms with Crippen LogP contribution in [0.1, 0.15) is 18.1 Å². The summed E-state index contributed by atoms with van der Waals surface area (Å²) in [6.07, 6.45) is 0.895. The van der Waals surface area contributed by atoms with Crippen LogP contribution in [-0.4, -0.2) is 33.1 Å². The number of phenols is 1. The second-order valence-electron chi connectivity index (χ2n) is 5.88. The SMILES string of the molecule is Cc1ccc(N[C@@H](C)C(=O)N/N=C\c2cc([N+](=O)[O-])cc([N+](=O)[O-])c2O)cc1. The van der Waals surface area contributed by atoms with E-state index in [0.717, 1.165) is 23.5 Å². The number of carbonyl (C=O) groups is 1. The van der Waals surface area contributed by atoms with Gasteiger partial charge in [0.25, 0.3) is 11.6 Å². The van der Waals surface area contributed by atoms with Gasteiger partial charge in [0, 0.05) is 11.8 Å². The third kappa shape index (κ3) is 5.00. The number of carbonyl (C=O) groups excluding carboxylic acids is 1. The number of nitrogens with one attached hydrogen (secondary N) is 2. The van der Waals surface area contributed by atoms with Crippen LogP contribution < -0.4 is 10.7 Å². The number of non-ortho nitro benzene ring substituents is 1. The van der Waals surface area contributed by atoms with Crippen LogP contribution in [-0.2, 0) is 4.79 Å². The molecule has 3 N–H and O–H groups in total. The van der Waals surface area contributed by atoms with Crippen molar-refractivity contribution in [1.29, 1.82) is 0 Å². The molecule has 2 aromatic carbocycles. The van der Waals surface area contributed by atoms with Gasteiger partial charge in [-0.3, -0.25) is 25.0 Å². The molecule has 0 aliphatic heterocycles. The van der Waals surface area contributed by atoms with E-state index >= 15 is 0 Å². The second-order valence-corrected chi connectivity index (χ2v) is 5.88. The summed E-state index contributed by atoms with van der Waals surface area (Å²) in [7, 11) is 0. The lowest BCUT2D eigenvalue weighted by Crippen LogP contribution is -2.34. The number of nitrogens with zero attached hydrogens (tertiary/aromatic N) is 3. The van der Waals surface area contributed by atoms with Crippen LogP contribution in [0.25, 0.3) is 0 Å². The molecule has 0 aromatic heterocycles. The summed E-state index contributed by atoms with van der Waals surface area (Å²) < 4.78 is 0. The van der Waals surface area contributed by atoms with Gasteiger partial charge < -0.3 is 10.4 Å². The number of anilines is 1. The quantitative estimate of drug-likeness (QED) is 0.373. The molecular weight excluding hydrogens is 370 g/mol. The Kier molecular flexibility index (Phi) is 6.22. The number of nitro groups is 2. The molecule has 0 radical (unpaired) electrons. The number of aryl methyl sites for hydroxylation is 1. The van der Waals surface area contributed by atoms with Gasteiger partial charge in [0.15, 0.2) is 0 Å². The molecule has 0 bridgehead atoms. The van der Waals surface area contributed by atoms with Crippen molar-refractivity contribution in [3.05, 3.63) is 67.8 Å². The fraction of sp³-hybridized carbons (Fsp3) is 0.176. The molecule has 0 saturated heterocycles. The summed E-state index contributed by atoms with van der Waals surface area (Å²) in [5, 5.41) is 38.2. The lowest BCUT2D eigenvalue weighted by molar-refractivity contribution is -0.394. The maximum atomic E-state index is 12.1. The molecule has 2 rings (SSSR count). The zero-order valence-electron chi connectivity index (χ0n) is 14.9. The third-order valence-electron chi connectivity index (χ3n) is 3.72. The number of aromatic hydroxyl groups is 1. The Morgan fingerprint density at radius 3 is 2.39 bits per heavy atom. The number of amides is 1. The van der Waals surface area contributed by atoms with Gasteiger partial charge in [0.2, 0.25) is 5.75 Å². The largest absolute Gasteiger partial charge is 0.502 e. The minimum atomic E-state index is -0.953. The van der Waals surface area contributed by atoms with Crippen molar-refractivity contribution in [2.75, 3.05) is 5.32 Å². The van der Waals surface area contributed by atoms with E-state index in [1.165, 1.54) is 0 Å². The summed E-state index contributed by atoms with van der Waals surface area (Å²) in [4.78, 5) is 32.1. The molecule has 0 spiro atoms. The second kappa shape index (κ2) is 8.58. The van der Waals surface area contributed by atoms with Crippen molar-refractivity contribution in [2.24, 2.45) is 5.10 Å². The molecule has 1 amide bonds. The van der Waals surface area contributed by atoms with Gasteiger partial charge in [-0.15, -0.1) is 0 Å². The van der Waals surface area contributed by atoms with E-state index < -0.39 is 38.9 Å². The minimum Gasteiger partial charge on any atom is -0.502 e. The van der Waals surface area contributed by atoms with Crippen LogP contribution in [0.5, 0.6) is 5.75 Å². The summed E-state index contributed by atoms with van der Waals surface area (Å²) >= 11 is 0. The van der Waals surface area contributed by atoms with E-state index in [0.29, 0.717) is 6.07 Å². The zero-order chi connectivity index (χ0) is 20.8. The van der Waals surface area contributed by atoms with Crippen molar-refractivity contribution in [3.8, 4) is 5.75 Å². The molecule has 11 nitrogen and oxygen atoms in total. The minimum absolute atomic E-state index is 0.277. The highest BCUT2D eigenvalue weighted by molar-refractivity contribution is 5.89. The smallest absolute Gasteiger partial charge is 0.318 e. The lowest BCUT2D eigenvalue weighted by atomic mass is 10.1. The van der Waals surface area contributed by atoms with Gasteiger partial charge in [0.1, 0.15) is 6.04 Å². The van der Waals surface area contributed by atoms with Crippen LogP contribution in [0, 0.1) is 27.2 Å². The first-order valence-corrected chi connectivity index (χ1v) is 8.01. The molecule has 0 aliphatic rings. The number of benzene rings is 2. The standard InChI is InChI=1S/C17H17N5O6/c1-10-3-5-13(6-4-10)19-11(2)17(24)20-18-9-12-7-14(21(25)26)8-15(16(12)23)22(27)28/h3-9,11,19,23H,1-2H3,(H,20,24)/b18-9-/t11-/m0/s1. The van der Waals surface area contributed by atoms with E-state index in [9.17, 15) is 30.1 Å². The number of hydrogen-bond acceptors (Lipinski definition) is 8. The topological polar surface area (TPSA) is 160 Å². The van der Waals surface area contributed by atoms with Crippen LogP contribution in [0.3, 0.4) is 0 Å². The highest BCUT2D eigenvalue weighted by Crippen LogP contribution is 2.33. The Labute approximate surface area is 159 Å². The average molecular weight is 387 g/mol. The maximum absolute atomic E-state index is 12.1. The molecule has 1 atom stereocenters. The summed E-state index contributed by atoms with van der Waals surface area (Å²) in [6.45, 7) is 3.53. The molecule has 28 heavy (non-hydrogen) atoms. The number of nitro benzene ring substituents is 2. The van der Waals surface area contributed by atoms with Crippen molar-refractivity contribution < 1.29 is 19.7 Å². The van der Waals surface area contributed by atoms with Gasteiger partial charge in [-0.1, -0.05) is 17.7 Å². The molecule has 0 aliphatic carbocycles. The monoisotopic (exact) mass is 387 g/mol. The molecule has 0 heterocycles. The van der Waals surface area contributed by atoms with Crippen molar-refractivity contribution in [1.82, 2.24) is 5.43 Å². The van der Waals surface area contributed by atoms with Crippen molar-refractivity contribution in [2.45, 2.75) is 19.9 Å². The molecular formula is C17H17N5O6. The van der Waals surface area contributed by atoms with Gasteiger partial charge in [-0.05, 0) is 26.0 Å². The normalized spacial score (nSPS) is 11.8. The van der Waals surface area contributed by atoms with E-state index in [-0.39, 0.29) is 5.56 Å². The molecule has 11 heteroatoms. The Morgan fingerprint density at radius 2 is 1.82 bits per heavy atom. The lowest BCUT2D eigenvalue weighted by Gasteiger charge is -2.13. The van der Waals surface area contributed by atoms with E-state index in [1.807, 2.05) is 31.2 Å². The predicted octanol–water partition coefficient (Wildman–Crippen LogP) is 2.47. The highest BCUT2D eigenvalue weighted by atomic mass is 16.6. The van der Waals surface area contributed by atoms with Crippen LogP contribution >= 0.6 is 0 Å². The summed E-state index contributed by atoms with van der Waals surface area (Å²) in [5.74, 6) is -1.31. The number of hydrogen-bond donors (Lipinski definition) is 3. The van der Waals surface area contributed by atoms with Gasteiger partial charge in [-0.25, -0.2) is 5.43 Å². The molecule has 0 unspecified atom stereocenters. The predicted molar refractivity (Wildman–Crippen MR) is 101 cm³/mol. The molecule has 146 valence electrons. The zero-order valence-corrected chi connectivity index (χ0v) is 14.9. The van der Waals surface area contributed by atoms with E-state index in [1.54, 1.807) is 6.92 Å². The first-order valence-electron chi connectivity index (χ1n) is 8.01. The van der Waals surface area contributed by atoms with Crippen molar-refractivity contribution in [3.63, 3.8) is 0 Å². The third-order valence-corrected chi connectivity index (χ3v) is 3.72. The first kappa shape index (κ1) is 20.3. The first-order chi connectivity index (χ1) is 13.2. The van der Waals surface area contributed by atoms with Crippen molar-refractivity contribution >= 4 is 29.2 Å². The van der Waals surface area contributed by atoms with Crippen LogP contribution in [0.2, 0.25) is 0 Å². The Hall–Kier alpha value is -4.02. The number of phenolic OH excluding ortho intramolecular Hbond substituents is 1. The summed E-state index contributed by atoms with van der Waals surface area (Å²) in [5.41, 5.74) is 2.29. The fourth-order valence-corrected chi connectivity index (χ4v) is 2.20. The van der Waals surface area contributed by atoms with Crippen LogP contribution in [0.15, 0.2) is 41.5 Å². The molecule has 0 saturated carbocycles. The van der Waals surface area contributed by atoms with Crippen LogP contribution in [0.4, 0.5) is 17.1 Å². The Balaban J connectivity index is 2.10. The highest BCUT2D eigenvalue weighted by Gasteiger charge is 2.23. The van der Waals surface area contributed by atoms with E-state index in [4.69, 9.17) is 0 Å². The van der Waals surface area contributed by atoms with E-state index in [2.05, 4.69) is 15.8 Å². The fourth-order valence-electron chi connectivity index (χ4n) is 2.20. The molecule has 2 aromatic rings. The maximum Gasteiger partial charge on any atom is 0.318 e.